The van der Waals surface area contributed by atoms with E-state index in [0.717, 1.165) is 31.7 Å². The van der Waals surface area contributed by atoms with E-state index in [1.54, 1.807) is 0 Å². The molecule has 1 saturated heterocycles. The maximum atomic E-state index is 5.85. The highest BCUT2D eigenvalue weighted by molar-refractivity contribution is 9.10. The lowest BCUT2D eigenvalue weighted by atomic mass is 9.94. The molecule has 0 radical (unpaired) electrons. The van der Waals surface area contributed by atoms with E-state index < -0.39 is 0 Å². The maximum absolute atomic E-state index is 5.85. The summed E-state index contributed by atoms with van der Waals surface area (Å²) in [6.45, 7) is 2.20. The number of hydrogen-bond donors (Lipinski definition) is 1. The second-order valence-corrected chi connectivity index (χ2v) is 4.58. The fourth-order valence-electron chi connectivity index (χ4n) is 1.85. The van der Waals surface area contributed by atoms with E-state index in [0.29, 0.717) is 16.2 Å². The molecule has 2 N–H and O–H groups in total. The van der Waals surface area contributed by atoms with Crippen LogP contribution in [0.2, 0.25) is 0 Å². The molecule has 0 unspecified atom stereocenters. The van der Waals surface area contributed by atoms with Crippen LogP contribution in [0.15, 0.2) is 9.13 Å². The van der Waals surface area contributed by atoms with Crippen LogP contribution >= 0.6 is 15.9 Å². The Bertz CT molecular complexity index is 318. The molecule has 0 atom stereocenters. The molecule has 2 heterocycles. The van der Waals surface area contributed by atoms with Crippen LogP contribution in [-0.4, -0.2) is 30.2 Å². The monoisotopic (exact) mass is 259 g/mol. The lowest BCUT2D eigenvalue weighted by Crippen LogP contribution is -2.29. The van der Waals surface area contributed by atoms with Gasteiger partial charge in [0.05, 0.1) is 0 Å². The summed E-state index contributed by atoms with van der Waals surface area (Å²) in [4.78, 5) is 2.32. The third-order valence-corrected chi connectivity index (χ3v) is 3.37. The normalized spacial score (nSPS) is 20.1. The SMILES string of the molecule is CN1CCC(c2onc(Br)c2N)CC1. The Hall–Kier alpha value is -0.550. The van der Waals surface area contributed by atoms with Crippen LogP contribution < -0.4 is 5.73 Å². The Labute approximate surface area is 91.5 Å². The van der Waals surface area contributed by atoms with E-state index in [9.17, 15) is 0 Å². The Morgan fingerprint density at radius 1 is 1.50 bits per heavy atom. The zero-order valence-corrected chi connectivity index (χ0v) is 9.75. The van der Waals surface area contributed by atoms with Gasteiger partial charge in [0.2, 0.25) is 0 Å². The highest BCUT2D eigenvalue weighted by Crippen LogP contribution is 2.34. The van der Waals surface area contributed by atoms with Crippen molar-refractivity contribution in [3.63, 3.8) is 0 Å². The molecule has 1 aliphatic rings. The number of piperidine rings is 1. The highest BCUT2D eigenvalue weighted by Gasteiger charge is 2.25. The molecule has 2 rings (SSSR count). The van der Waals surface area contributed by atoms with E-state index in [-0.39, 0.29) is 0 Å². The van der Waals surface area contributed by atoms with Gasteiger partial charge in [0.25, 0.3) is 0 Å². The van der Waals surface area contributed by atoms with Crippen molar-refractivity contribution >= 4 is 21.6 Å². The predicted octanol–water partition coefficient (Wildman–Crippen LogP) is 1.83. The maximum Gasteiger partial charge on any atom is 0.172 e. The largest absolute Gasteiger partial charge is 0.394 e. The minimum Gasteiger partial charge on any atom is -0.394 e. The van der Waals surface area contributed by atoms with E-state index in [1.165, 1.54) is 0 Å². The Morgan fingerprint density at radius 2 is 2.14 bits per heavy atom. The molecule has 1 aliphatic heterocycles. The third kappa shape index (κ3) is 1.79. The minimum absolute atomic E-state index is 0.435. The van der Waals surface area contributed by atoms with Crippen molar-refractivity contribution in [3.05, 3.63) is 10.4 Å². The lowest BCUT2D eigenvalue weighted by Gasteiger charge is -2.27. The van der Waals surface area contributed by atoms with Crippen molar-refractivity contribution in [2.75, 3.05) is 25.9 Å². The van der Waals surface area contributed by atoms with Gasteiger partial charge in [-0.05, 0) is 48.9 Å². The predicted molar refractivity (Wildman–Crippen MR) is 58.1 cm³/mol. The summed E-state index contributed by atoms with van der Waals surface area (Å²) < 4.78 is 5.86. The van der Waals surface area contributed by atoms with Gasteiger partial charge in [-0.1, -0.05) is 5.16 Å². The van der Waals surface area contributed by atoms with Gasteiger partial charge in [-0.2, -0.15) is 0 Å². The van der Waals surface area contributed by atoms with Gasteiger partial charge in [-0.25, -0.2) is 0 Å². The van der Waals surface area contributed by atoms with Crippen molar-refractivity contribution in [2.24, 2.45) is 0 Å². The Kier molecular flexibility index (Phi) is 2.78. The first kappa shape index (κ1) is 9.98. The smallest absolute Gasteiger partial charge is 0.172 e. The molecule has 5 heteroatoms. The van der Waals surface area contributed by atoms with Crippen LogP contribution in [0.1, 0.15) is 24.5 Å². The van der Waals surface area contributed by atoms with Gasteiger partial charge < -0.3 is 15.2 Å². The number of hydrogen-bond acceptors (Lipinski definition) is 4. The number of nitrogens with two attached hydrogens (primary N) is 1. The molecule has 1 aromatic heterocycles. The molecular weight excluding hydrogens is 246 g/mol. The van der Waals surface area contributed by atoms with E-state index in [2.05, 4.69) is 33.0 Å². The topological polar surface area (TPSA) is 55.3 Å². The Morgan fingerprint density at radius 3 is 2.64 bits per heavy atom. The number of likely N-dealkylation sites (tertiary alicyclic amines) is 1. The van der Waals surface area contributed by atoms with Crippen molar-refractivity contribution in [1.82, 2.24) is 10.1 Å². The Balaban J connectivity index is 2.12. The van der Waals surface area contributed by atoms with Crippen molar-refractivity contribution in [1.29, 1.82) is 0 Å². The van der Waals surface area contributed by atoms with Gasteiger partial charge in [0.1, 0.15) is 5.69 Å². The summed E-state index contributed by atoms with van der Waals surface area (Å²) >= 11 is 3.25. The van der Waals surface area contributed by atoms with Crippen LogP contribution in [0.3, 0.4) is 0 Å². The van der Waals surface area contributed by atoms with Crippen LogP contribution in [0.5, 0.6) is 0 Å². The molecule has 0 spiro atoms. The van der Waals surface area contributed by atoms with E-state index in [4.69, 9.17) is 10.3 Å². The highest BCUT2D eigenvalue weighted by atomic mass is 79.9. The van der Waals surface area contributed by atoms with Gasteiger partial charge in [-0.3, -0.25) is 0 Å². The van der Waals surface area contributed by atoms with Crippen molar-refractivity contribution in [3.8, 4) is 0 Å². The number of nitrogen functional groups attached to an aromatic ring is 1. The van der Waals surface area contributed by atoms with Gasteiger partial charge >= 0.3 is 0 Å². The average molecular weight is 260 g/mol. The van der Waals surface area contributed by atoms with Crippen LogP contribution in [-0.2, 0) is 0 Å². The molecule has 14 heavy (non-hydrogen) atoms. The summed E-state index contributed by atoms with van der Waals surface area (Å²) in [7, 11) is 2.13. The quantitative estimate of drug-likeness (QED) is 0.836. The third-order valence-electron chi connectivity index (χ3n) is 2.80. The number of anilines is 1. The summed E-state index contributed by atoms with van der Waals surface area (Å²) in [5, 5.41) is 3.81. The van der Waals surface area contributed by atoms with Gasteiger partial charge in [0.15, 0.2) is 10.4 Å². The number of halogens is 1. The van der Waals surface area contributed by atoms with Crippen LogP contribution in [0.25, 0.3) is 0 Å². The number of aromatic nitrogens is 1. The first-order valence-electron chi connectivity index (χ1n) is 4.77. The zero-order chi connectivity index (χ0) is 10.1. The molecule has 0 amide bonds. The van der Waals surface area contributed by atoms with E-state index >= 15 is 0 Å². The molecule has 1 aromatic rings. The zero-order valence-electron chi connectivity index (χ0n) is 8.16. The summed E-state index contributed by atoms with van der Waals surface area (Å²) in [5.74, 6) is 1.29. The number of rotatable bonds is 1. The second-order valence-electron chi connectivity index (χ2n) is 3.83. The summed E-state index contributed by atoms with van der Waals surface area (Å²) in [6.07, 6.45) is 2.20. The summed E-state index contributed by atoms with van der Waals surface area (Å²) in [6, 6.07) is 0. The molecule has 0 aliphatic carbocycles. The number of nitrogens with zero attached hydrogens (tertiary/aromatic N) is 2. The van der Waals surface area contributed by atoms with Gasteiger partial charge in [0, 0.05) is 5.92 Å². The van der Waals surface area contributed by atoms with Crippen molar-refractivity contribution < 1.29 is 4.52 Å². The molecule has 1 fully saturated rings. The average Bonchev–Trinajstić information content (AvgIpc) is 2.50. The first-order chi connectivity index (χ1) is 6.68. The molecule has 0 bridgehead atoms. The lowest BCUT2D eigenvalue weighted by molar-refractivity contribution is 0.231. The molecule has 0 saturated carbocycles. The first-order valence-corrected chi connectivity index (χ1v) is 5.57. The fourth-order valence-corrected chi connectivity index (χ4v) is 2.12. The summed E-state index contributed by atoms with van der Waals surface area (Å²) in [5.41, 5.74) is 6.52. The van der Waals surface area contributed by atoms with Crippen LogP contribution in [0, 0.1) is 0 Å². The second kappa shape index (κ2) is 3.90. The fraction of sp³-hybridized carbons (Fsp3) is 0.667. The van der Waals surface area contributed by atoms with Gasteiger partial charge in [-0.15, -0.1) is 0 Å². The molecule has 0 aromatic carbocycles. The van der Waals surface area contributed by atoms with Crippen molar-refractivity contribution in [2.45, 2.75) is 18.8 Å². The van der Waals surface area contributed by atoms with E-state index in [1.807, 2.05) is 0 Å². The standard InChI is InChI=1S/C9H14BrN3O/c1-13-4-2-6(3-5-13)8-7(11)9(10)12-14-8/h6H,2-5,11H2,1H3. The molecule has 4 nitrogen and oxygen atoms in total. The molecular formula is C9H14BrN3O. The minimum atomic E-state index is 0.435. The molecule has 78 valence electrons. The van der Waals surface area contributed by atoms with Crippen LogP contribution in [0.4, 0.5) is 5.69 Å².